The Kier molecular flexibility index (Phi) is 12.6. The Morgan fingerprint density at radius 3 is 2.48 bits per heavy atom. The molecular formula is C25H37Cl2N3O3. The van der Waals surface area contributed by atoms with Crippen LogP contribution in [0.2, 0.25) is 0 Å². The van der Waals surface area contributed by atoms with Gasteiger partial charge in [0.25, 0.3) is 0 Å². The molecule has 0 fully saturated rings. The predicted molar refractivity (Wildman–Crippen MR) is 138 cm³/mol. The fraction of sp³-hybridized carbons (Fsp3) is 0.480. The van der Waals surface area contributed by atoms with Crippen LogP contribution in [0, 0.1) is 0 Å². The van der Waals surface area contributed by atoms with Crippen LogP contribution in [0.3, 0.4) is 0 Å². The van der Waals surface area contributed by atoms with Crippen LogP contribution < -0.4 is 11.2 Å². The number of nitrogens with one attached hydrogen (secondary N) is 1. The summed E-state index contributed by atoms with van der Waals surface area (Å²) in [7, 11) is 0. The summed E-state index contributed by atoms with van der Waals surface area (Å²) in [5.41, 5.74) is 12.7. The molecule has 184 valence electrons. The zero-order valence-electron chi connectivity index (χ0n) is 19.3. The minimum Gasteiger partial charge on any atom is -0.504 e. The van der Waals surface area contributed by atoms with Gasteiger partial charge in [-0.05, 0) is 61.4 Å². The molecule has 6 nitrogen and oxygen atoms in total. The molecule has 0 aliphatic heterocycles. The second kappa shape index (κ2) is 14.3. The Morgan fingerprint density at radius 2 is 1.82 bits per heavy atom. The van der Waals surface area contributed by atoms with Crippen molar-refractivity contribution in [2.75, 3.05) is 13.1 Å². The summed E-state index contributed by atoms with van der Waals surface area (Å²) in [5.74, 6) is -0.397. The van der Waals surface area contributed by atoms with E-state index in [1.54, 1.807) is 18.2 Å². The largest absolute Gasteiger partial charge is 0.504 e. The summed E-state index contributed by atoms with van der Waals surface area (Å²) in [6.07, 6.45) is 8.27. The van der Waals surface area contributed by atoms with Crippen molar-refractivity contribution < 1.29 is 15.0 Å². The van der Waals surface area contributed by atoms with Crippen molar-refractivity contribution in [3.05, 3.63) is 58.7 Å². The number of benzene rings is 2. The van der Waals surface area contributed by atoms with E-state index < -0.39 is 5.91 Å². The first-order valence-electron chi connectivity index (χ1n) is 11.4. The van der Waals surface area contributed by atoms with E-state index in [-0.39, 0.29) is 36.3 Å². The molecule has 1 atom stereocenters. The van der Waals surface area contributed by atoms with Gasteiger partial charge in [0, 0.05) is 30.3 Å². The summed E-state index contributed by atoms with van der Waals surface area (Å²) >= 11 is 0. The highest BCUT2D eigenvalue weighted by Gasteiger charge is 2.26. The maximum absolute atomic E-state index is 11.2. The molecule has 5 N–H and O–H groups in total. The lowest BCUT2D eigenvalue weighted by atomic mass is 9.87. The van der Waals surface area contributed by atoms with Crippen LogP contribution in [0.5, 0.6) is 11.5 Å². The minimum atomic E-state index is -0.403. The second-order valence-electron chi connectivity index (χ2n) is 8.44. The van der Waals surface area contributed by atoms with Crippen LogP contribution in [0.4, 0.5) is 0 Å². The van der Waals surface area contributed by atoms with Crippen molar-refractivity contribution >= 4 is 30.7 Å². The number of carbonyl (C=O) groups is 1. The molecule has 1 amide bonds. The van der Waals surface area contributed by atoms with Crippen LogP contribution in [0.25, 0.3) is 0 Å². The molecular weight excluding hydrogens is 461 g/mol. The lowest BCUT2D eigenvalue weighted by molar-refractivity contribution is 0.1000. The van der Waals surface area contributed by atoms with E-state index in [9.17, 15) is 15.0 Å². The van der Waals surface area contributed by atoms with Crippen molar-refractivity contribution in [1.29, 1.82) is 0 Å². The zero-order chi connectivity index (χ0) is 22.2. The number of nitrogens with two attached hydrogens (primary N) is 1. The van der Waals surface area contributed by atoms with Crippen LogP contribution >= 0.6 is 24.8 Å². The normalized spacial score (nSPS) is 14.8. The minimum absolute atomic E-state index is 0. The van der Waals surface area contributed by atoms with Gasteiger partial charge >= 0.3 is 0 Å². The van der Waals surface area contributed by atoms with Crippen LogP contribution in [0.1, 0.15) is 66.1 Å². The van der Waals surface area contributed by atoms with E-state index in [2.05, 4.69) is 17.4 Å². The Hall–Kier alpha value is -1.99. The topological polar surface area (TPSA) is 98.8 Å². The van der Waals surface area contributed by atoms with E-state index in [1.165, 1.54) is 19.3 Å². The molecule has 2 aromatic rings. The quantitative estimate of drug-likeness (QED) is 0.207. The number of amides is 1. The molecule has 0 spiro atoms. The number of phenolic OH excluding ortho intramolecular Hbond substituents is 2. The van der Waals surface area contributed by atoms with Gasteiger partial charge in [0.1, 0.15) is 0 Å². The summed E-state index contributed by atoms with van der Waals surface area (Å²) in [6, 6.07) is 11.4. The third kappa shape index (κ3) is 8.07. The first-order chi connectivity index (χ1) is 15.0. The molecule has 0 bridgehead atoms. The first kappa shape index (κ1) is 29.0. The smallest absolute Gasteiger partial charge is 0.248 e. The van der Waals surface area contributed by atoms with Gasteiger partial charge in [-0.3, -0.25) is 10.2 Å². The third-order valence-corrected chi connectivity index (χ3v) is 6.20. The van der Waals surface area contributed by atoms with Gasteiger partial charge in [-0.1, -0.05) is 44.4 Å². The monoisotopic (exact) mass is 497 g/mol. The molecule has 8 heteroatoms. The highest BCUT2D eigenvalue weighted by molar-refractivity contribution is 5.92. The van der Waals surface area contributed by atoms with E-state index in [0.29, 0.717) is 11.6 Å². The molecule has 1 aliphatic rings. The summed E-state index contributed by atoms with van der Waals surface area (Å²) in [6.45, 7) is 4.03. The van der Waals surface area contributed by atoms with Gasteiger partial charge in [0.15, 0.2) is 11.5 Å². The number of nitrogens with zero attached hydrogens (tertiary/aromatic N) is 1. The van der Waals surface area contributed by atoms with E-state index >= 15 is 0 Å². The molecule has 1 unspecified atom stereocenters. The van der Waals surface area contributed by atoms with Gasteiger partial charge in [-0.15, -0.1) is 24.8 Å². The number of hydrogen-bond acceptors (Lipinski definition) is 5. The summed E-state index contributed by atoms with van der Waals surface area (Å²) < 4.78 is 0. The fourth-order valence-electron chi connectivity index (χ4n) is 4.35. The molecule has 0 radical (unpaired) electrons. The maximum Gasteiger partial charge on any atom is 0.248 e. The number of halogens is 2. The molecule has 1 aliphatic carbocycles. The van der Waals surface area contributed by atoms with Crippen LogP contribution in [-0.4, -0.2) is 40.3 Å². The highest BCUT2D eigenvalue weighted by Crippen LogP contribution is 2.36. The van der Waals surface area contributed by atoms with Gasteiger partial charge < -0.3 is 15.9 Å². The maximum atomic E-state index is 11.2. The average molecular weight is 498 g/mol. The number of carbonyl (C=O) groups excluding carboxylic acids is 1. The molecule has 33 heavy (non-hydrogen) atoms. The van der Waals surface area contributed by atoms with Crippen LogP contribution in [-0.2, 0) is 19.3 Å². The average Bonchev–Trinajstić information content (AvgIpc) is 2.78. The molecule has 0 heterocycles. The molecule has 0 saturated heterocycles. The number of primary amides is 1. The number of aromatic hydroxyl groups is 2. The standard InChI is InChI=1S/C25H35N3O3.2ClH/c1-2-3-4-5-16-28(27-15-14-18-6-8-19(9-7-18)25(26)31)21-11-12-22-20(17-21)10-13-23(29)24(22)30;;/h6-10,13,21,27,29-30H,2-5,11-12,14-17H2,1H3,(H2,26,31);2*1H. The van der Waals surface area contributed by atoms with Crippen molar-refractivity contribution in [2.24, 2.45) is 5.73 Å². The van der Waals surface area contributed by atoms with Crippen molar-refractivity contribution in [3.63, 3.8) is 0 Å². The van der Waals surface area contributed by atoms with Crippen molar-refractivity contribution in [3.8, 4) is 11.5 Å². The zero-order valence-corrected chi connectivity index (χ0v) is 20.9. The van der Waals surface area contributed by atoms with Crippen molar-refractivity contribution in [2.45, 2.75) is 64.3 Å². The summed E-state index contributed by atoms with van der Waals surface area (Å²) in [5, 5.41) is 22.3. The number of rotatable bonds is 11. The van der Waals surface area contributed by atoms with Gasteiger partial charge in [0.05, 0.1) is 0 Å². The third-order valence-electron chi connectivity index (χ3n) is 6.20. The van der Waals surface area contributed by atoms with E-state index in [1.807, 2.05) is 18.2 Å². The number of hydrogen-bond donors (Lipinski definition) is 4. The van der Waals surface area contributed by atoms with E-state index in [4.69, 9.17) is 5.73 Å². The Morgan fingerprint density at radius 1 is 1.09 bits per heavy atom. The molecule has 0 saturated carbocycles. The highest BCUT2D eigenvalue weighted by atomic mass is 35.5. The lowest BCUT2D eigenvalue weighted by Gasteiger charge is -2.36. The number of phenols is 2. The fourth-order valence-corrected chi connectivity index (χ4v) is 4.35. The number of hydrazine groups is 1. The summed E-state index contributed by atoms with van der Waals surface area (Å²) in [4.78, 5) is 11.2. The molecule has 0 aromatic heterocycles. The van der Waals surface area contributed by atoms with Crippen LogP contribution in [0.15, 0.2) is 36.4 Å². The molecule has 2 aromatic carbocycles. The Bertz CT molecular complexity index is 878. The lowest BCUT2D eigenvalue weighted by Crippen LogP contribution is -2.49. The van der Waals surface area contributed by atoms with E-state index in [0.717, 1.165) is 61.9 Å². The Balaban J connectivity index is 0.00000272. The van der Waals surface area contributed by atoms with Crippen molar-refractivity contribution in [1.82, 2.24) is 10.4 Å². The second-order valence-corrected chi connectivity index (χ2v) is 8.44. The number of fused-ring (bicyclic) bond motifs is 1. The van der Waals surface area contributed by atoms with Gasteiger partial charge in [0.2, 0.25) is 5.91 Å². The van der Waals surface area contributed by atoms with Gasteiger partial charge in [-0.2, -0.15) is 0 Å². The van der Waals surface area contributed by atoms with Gasteiger partial charge in [-0.25, -0.2) is 5.01 Å². The predicted octanol–water partition coefficient (Wildman–Crippen LogP) is 4.53. The first-order valence-corrected chi connectivity index (χ1v) is 11.4. The molecule has 3 rings (SSSR count). The number of unbranched alkanes of at least 4 members (excludes halogenated alkanes) is 3. The SMILES string of the molecule is CCCCCCN(NCCc1ccc(C(N)=O)cc1)C1CCc2c(ccc(O)c2O)C1.Cl.Cl. The Labute approximate surface area is 209 Å².